The zero-order valence-electron chi connectivity index (χ0n) is 9.96. The molecule has 0 aliphatic heterocycles. The van der Waals surface area contributed by atoms with Gasteiger partial charge in [-0.15, -0.1) is 0 Å². The molecule has 1 aromatic rings. The molecule has 0 aromatic carbocycles. The minimum absolute atomic E-state index is 0.0271. The Kier molecular flexibility index (Phi) is 5.37. The standard InChI is InChI=1S/C11H13Cl2N3O2/c1-6(2)15-10(17)5-14-11(18)7-3-8(12)16-9(13)4-7/h3-4,6H,5H2,1-2H3,(H,14,18)(H,15,17). The van der Waals surface area contributed by atoms with E-state index in [0.29, 0.717) is 0 Å². The van der Waals surface area contributed by atoms with Crippen molar-refractivity contribution in [3.05, 3.63) is 28.0 Å². The van der Waals surface area contributed by atoms with Gasteiger partial charge in [0.15, 0.2) is 0 Å². The van der Waals surface area contributed by atoms with Crippen LogP contribution in [0.25, 0.3) is 0 Å². The highest BCUT2D eigenvalue weighted by Crippen LogP contribution is 2.14. The Bertz CT molecular complexity index is 443. The molecule has 5 nitrogen and oxygen atoms in total. The fourth-order valence-electron chi connectivity index (χ4n) is 1.23. The van der Waals surface area contributed by atoms with Crippen LogP contribution in [0.4, 0.5) is 0 Å². The average molecular weight is 290 g/mol. The Morgan fingerprint density at radius 2 is 1.83 bits per heavy atom. The predicted molar refractivity (Wildman–Crippen MR) is 69.9 cm³/mol. The zero-order valence-corrected chi connectivity index (χ0v) is 11.5. The average Bonchev–Trinajstić information content (AvgIpc) is 2.23. The lowest BCUT2D eigenvalue weighted by Crippen LogP contribution is -2.39. The Balaban J connectivity index is 2.58. The Morgan fingerprint density at radius 3 is 2.33 bits per heavy atom. The largest absolute Gasteiger partial charge is 0.352 e. The molecule has 0 spiro atoms. The molecule has 0 aliphatic carbocycles. The summed E-state index contributed by atoms with van der Waals surface area (Å²) in [6, 6.07) is 2.78. The third-order valence-electron chi connectivity index (χ3n) is 1.88. The number of halogens is 2. The van der Waals surface area contributed by atoms with Crippen LogP contribution in [0.5, 0.6) is 0 Å². The van der Waals surface area contributed by atoms with E-state index in [0.717, 1.165) is 0 Å². The van der Waals surface area contributed by atoms with E-state index in [1.807, 2.05) is 13.8 Å². The van der Waals surface area contributed by atoms with Crippen molar-refractivity contribution in [1.82, 2.24) is 15.6 Å². The van der Waals surface area contributed by atoms with E-state index in [1.54, 1.807) is 0 Å². The van der Waals surface area contributed by atoms with Crippen molar-refractivity contribution in [3.63, 3.8) is 0 Å². The van der Waals surface area contributed by atoms with Gasteiger partial charge >= 0.3 is 0 Å². The van der Waals surface area contributed by atoms with Gasteiger partial charge in [0.2, 0.25) is 5.91 Å². The van der Waals surface area contributed by atoms with Crippen LogP contribution in [0.15, 0.2) is 12.1 Å². The van der Waals surface area contributed by atoms with Crippen LogP contribution in [0, 0.1) is 0 Å². The van der Waals surface area contributed by atoms with E-state index in [2.05, 4.69) is 15.6 Å². The van der Waals surface area contributed by atoms with Crippen molar-refractivity contribution in [2.45, 2.75) is 19.9 Å². The highest BCUT2D eigenvalue weighted by Gasteiger charge is 2.10. The lowest BCUT2D eigenvalue weighted by atomic mass is 10.2. The van der Waals surface area contributed by atoms with Crippen molar-refractivity contribution >= 4 is 35.0 Å². The van der Waals surface area contributed by atoms with E-state index in [-0.39, 0.29) is 34.4 Å². The normalized spacial score (nSPS) is 10.3. The predicted octanol–water partition coefficient (Wildman–Crippen LogP) is 1.64. The summed E-state index contributed by atoms with van der Waals surface area (Å²) in [5.74, 6) is -0.690. The Hall–Kier alpha value is -1.33. The van der Waals surface area contributed by atoms with E-state index >= 15 is 0 Å². The fourth-order valence-corrected chi connectivity index (χ4v) is 1.69. The molecule has 98 valence electrons. The number of aromatic nitrogens is 1. The maximum absolute atomic E-state index is 11.7. The van der Waals surface area contributed by atoms with Crippen molar-refractivity contribution in [2.75, 3.05) is 6.54 Å². The molecule has 0 saturated heterocycles. The summed E-state index contributed by atoms with van der Waals surface area (Å²) in [5, 5.41) is 5.37. The van der Waals surface area contributed by atoms with Gasteiger partial charge in [0.25, 0.3) is 5.91 Å². The topological polar surface area (TPSA) is 71.1 Å². The summed E-state index contributed by atoms with van der Waals surface area (Å²) in [5.41, 5.74) is 0.261. The van der Waals surface area contributed by atoms with Gasteiger partial charge in [-0.2, -0.15) is 0 Å². The summed E-state index contributed by atoms with van der Waals surface area (Å²) in [6.07, 6.45) is 0. The number of carbonyl (C=O) groups is 2. The van der Waals surface area contributed by atoms with E-state index in [1.165, 1.54) is 12.1 Å². The van der Waals surface area contributed by atoms with Gasteiger partial charge in [-0.05, 0) is 26.0 Å². The lowest BCUT2D eigenvalue weighted by Gasteiger charge is -2.09. The molecule has 0 aliphatic rings. The number of nitrogens with zero attached hydrogens (tertiary/aromatic N) is 1. The maximum atomic E-state index is 11.7. The summed E-state index contributed by atoms with van der Waals surface area (Å²) < 4.78 is 0. The molecule has 1 heterocycles. The molecule has 2 amide bonds. The van der Waals surface area contributed by atoms with Gasteiger partial charge in [0.05, 0.1) is 6.54 Å². The number of nitrogens with one attached hydrogen (secondary N) is 2. The third kappa shape index (κ3) is 4.89. The molecular weight excluding hydrogens is 277 g/mol. The van der Waals surface area contributed by atoms with Gasteiger partial charge in [-0.3, -0.25) is 9.59 Å². The number of pyridine rings is 1. The minimum atomic E-state index is -0.430. The number of carbonyl (C=O) groups excluding carboxylic acids is 2. The van der Waals surface area contributed by atoms with Crippen LogP contribution in [0.3, 0.4) is 0 Å². The van der Waals surface area contributed by atoms with Crippen LogP contribution in [-0.2, 0) is 4.79 Å². The van der Waals surface area contributed by atoms with Crippen molar-refractivity contribution in [1.29, 1.82) is 0 Å². The summed E-state index contributed by atoms with van der Waals surface area (Å²) in [6.45, 7) is 3.57. The monoisotopic (exact) mass is 289 g/mol. The molecule has 7 heteroatoms. The molecular formula is C11H13Cl2N3O2. The molecule has 2 N–H and O–H groups in total. The van der Waals surface area contributed by atoms with Gasteiger partial charge < -0.3 is 10.6 Å². The van der Waals surface area contributed by atoms with Gasteiger partial charge in [0, 0.05) is 11.6 Å². The molecule has 0 unspecified atom stereocenters. The Morgan fingerprint density at radius 1 is 1.28 bits per heavy atom. The van der Waals surface area contributed by atoms with Crippen LogP contribution >= 0.6 is 23.2 Å². The first-order valence-electron chi connectivity index (χ1n) is 5.29. The summed E-state index contributed by atoms with van der Waals surface area (Å²) >= 11 is 11.3. The van der Waals surface area contributed by atoms with E-state index < -0.39 is 5.91 Å². The molecule has 0 fully saturated rings. The molecule has 1 rings (SSSR count). The number of hydrogen-bond donors (Lipinski definition) is 2. The summed E-state index contributed by atoms with van der Waals surface area (Å²) in [4.78, 5) is 26.8. The molecule has 0 atom stereocenters. The van der Waals surface area contributed by atoms with E-state index in [4.69, 9.17) is 23.2 Å². The Labute approximate surface area is 115 Å². The quantitative estimate of drug-likeness (QED) is 0.828. The number of hydrogen-bond acceptors (Lipinski definition) is 3. The molecule has 0 bridgehead atoms. The van der Waals surface area contributed by atoms with Crippen LogP contribution < -0.4 is 10.6 Å². The van der Waals surface area contributed by atoms with Crippen LogP contribution in [0.1, 0.15) is 24.2 Å². The maximum Gasteiger partial charge on any atom is 0.251 e. The smallest absolute Gasteiger partial charge is 0.251 e. The second-order valence-corrected chi connectivity index (χ2v) is 4.68. The third-order valence-corrected chi connectivity index (χ3v) is 2.27. The SMILES string of the molecule is CC(C)NC(=O)CNC(=O)c1cc(Cl)nc(Cl)c1. The van der Waals surface area contributed by atoms with Crippen LogP contribution in [-0.4, -0.2) is 29.4 Å². The molecule has 0 saturated carbocycles. The molecule has 18 heavy (non-hydrogen) atoms. The second-order valence-electron chi connectivity index (χ2n) is 3.91. The first kappa shape index (κ1) is 14.7. The number of rotatable bonds is 4. The second kappa shape index (κ2) is 6.56. The minimum Gasteiger partial charge on any atom is -0.352 e. The molecule has 0 radical (unpaired) electrons. The van der Waals surface area contributed by atoms with Crippen molar-refractivity contribution in [2.24, 2.45) is 0 Å². The highest BCUT2D eigenvalue weighted by molar-refractivity contribution is 6.33. The highest BCUT2D eigenvalue weighted by atomic mass is 35.5. The van der Waals surface area contributed by atoms with Crippen molar-refractivity contribution in [3.8, 4) is 0 Å². The molecule has 1 aromatic heterocycles. The van der Waals surface area contributed by atoms with Gasteiger partial charge in [-0.25, -0.2) is 4.98 Å². The first-order valence-corrected chi connectivity index (χ1v) is 6.04. The summed E-state index contributed by atoms with van der Waals surface area (Å²) in [7, 11) is 0. The van der Waals surface area contributed by atoms with Crippen LogP contribution in [0.2, 0.25) is 10.3 Å². The van der Waals surface area contributed by atoms with Gasteiger partial charge in [-0.1, -0.05) is 23.2 Å². The van der Waals surface area contributed by atoms with Gasteiger partial charge in [0.1, 0.15) is 10.3 Å². The van der Waals surface area contributed by atoms with E-state index in [9.17, 15) is 9.59 Å². The lowest BCUT2D eigenvalue weighted by molar-refractivity contribution is -0.120. The van der Waals surface area contributed by atoms with Crippen molar-refractivity contribution < 1.29 is 9.59 Å². The fraction of sp³-hybridized carbons (Fsp3) is 0.364. The number of amides is 2. The zero-order chi connectivity index (χ0) is 13.7. The first-order chi connectivity index (χ1) is 8.38.